The van der Waals surface area contributed by atoms with Gasteiger partial charge in [-0.25, -0.2) is 4.39 Å². The summed E-state index contributed by atoms with van der Waals surface area (Å²) in [5.41, 5.74) is 9.12. The Labute approximate surface area is 177 Å². The lowest BCUT2D eigenvalue weighted by molar-refractivity contribution is -0.137. The van der Waals surface area contributed by atoms with Crippen LogP contribution in [0, 0.1) is 28.6 Å². The number of nitriles is 1. The summed E-state index contributed by atoms with van der Waals surface area (Å²) in [6.07, 6.45) is 13.7. The fourth-order valence-electron chi connectivity index (χ4n) is 4.96. The van der Waals surface area contributed by atoms with Crippen molar-refractivity contribution in [2.45, 2.75) is 69.6 Å². The van der Waals surface area contributed by atoms with Crippen LogP contribution in [-0.4, -0.2) is 35.3 Å². The summed E-state index contributed by atoms with van der Waals surface area (Å²) < 4.78 is 14.5. The Kier molecular flexibility index (Phi) is 5.90. The van der Waals surface area contributed by atoms with Crippen molar-refractivity contribution in [1.82, 2.24) is 4.90 Å². The van der Waals surface area contributed by atoms with Gasteiger partial charge in [-0.1, -0.05) is 18.2 Å². The zero-order valence-corrected chi connectivity index (χ0v) is 17.2. The lowest BCUT2D eigenvalue weighted by atomic mass is 9.80. The highest BCUT2D eigenvalue weighted by atomic mass is 19.1. The highest BCUT2D eigenvalue weighted by molar-refractivity contribution is 5.83. The third-order valence-corrected chi connectivity index (χ3v) is 6.86. The number of rotatable bonds is 5. The van der Waals surface area contributed by atoms with Gasteiger partial charge in [0, 0.05) is 35.5 Å². The van der Waals surface area contributed by atoms with E-state index in [1.807, 2.05) is 18.2 Å². The van der Waals surface area contributed by atoms with Crippen molar-refractivity contribution in [2.75, 3.05) is 0 Å². The monoisotopic (exact) mass is 408 g/mol. The first-order valence-corrected chi connectivity index (χ1v) is 10.9. The van der Waals surface area contributed by atoms with Crippen LogP contribution < -0.4 is 5.73 Å². The van der Waals surface area contributed by atoms with E-state index in [2.05, 4.69) is 11.0 Å². The summed E-state index contributed by atoms with van der Waals surface area (Å²) in [5, 5.41) is 16.6. The molecule has 1 amide bonds. The summed E-state index contributed by atoms with van der Waals surface area (Å²) >= 11 is 0. The average molecular weight is 409 g/mol. The highest BCUT2D eigenvalue weighted by Crippen LogP contribution is 2.38. The zero-order valence-electron chi connectivity index (χ0n) is 17.2. The smallest absolute Gasteiger partial charge is 0.230 e. The molecule has 0 aromatic rings. The molecule has 0 saturated heterocycles. The van der Waals surface area contributed by atoms with Crippen LogP contribution in [0.2, 0.25) is 0 Å². The first-order chi connectivity index (χ1) is 14.5. The van der Waals surface area contributed by atoms with Crippen molar-refractivity contribution in [3.63, 3.8) is 0 Å². The quantitative estimate of drug-likeness (QED) is 0.671. The van der Waals surface area contributed by atoms with E-state index in [0.717, 1.165) is 42.5 Å². The van der Waals surface area contributed by atoms with Crippen molar-refractivity contribution >= 4 is 12.1 Å². The van der Waals surface area contributed by atoms with Gasteiger partial charge in [0.15, 0.2) is 0 Å². The fraction of sp³-hybridized carbons (Fsp3) is 0.542. The predicted octanol–water partition coefficient (Wildman–Crippen LogP) is 4.09. The molecule has 30 heavy (non-hydrogen) atoms. The molecular formula is C24H29FN4O. The van der Waals surface area contributed by atoms with E-state index < -0.39 is 6.17 Å². The Morgan fingerprint density at radius 1 is 1.27 bits per heavy atom. The SMILES string of the molecule is N#CC1=CC(F)C(C2=CCC(C(=O)N(C3CC3)C3CCC(N)=C(C=N)C3)C=C2)CC1. The van der Waals surface area contributed by atoms with Crippen molar-refractivity contribution in [2.24, 2.45) is 17.6 Å². The molecule has 0 aliphatic heterocycles. The van der Waals surface area contributed by atoms with Gasteiger partial charge in [0.1, 0.15) is 6.17 Å². The zero-order chi connectivity index (χ0) is 21.3. The van der Waals surface area contributed by atoms with Gasteiger partial charge in [0.05, 0.1) is 12.0 Å². The van der Waals surface area contributed by atoms with Gasteiger partial charge in [-0.15, -0.1) is 0 Å². The highest BCUT2D eigenvalue weighted by Gasteiger charge is 2.40. The predicted molar refractivity (Wildman–Crippen MR) is 114 cm³/mol. The summed E-state index contributed by atoms with van der Waals surface area (Å²) in [5.74, 6) is -0.297. The van der Waals surface area contributed by atoms with Crippen LogP contribution in [0.5, 0.6) is 0 Å². The lowest BCUT2D eigenvalue weighted by Crippen LogP contribution is -2.46. The Morgan fingerprint density at radius 3 is 2.67 bits per heavy atom. The standard InChI is InChI=1S/C24H29FN4O/c25-22-11-15(13-26)1-9-21(22)16-2-4-17(5-3-16)24(30)29(19-6-7-19)20-8-10-23(28)18(12-20)14-27/h2-4,11,14,17,19-22,27H,1,5-10,12,28H2. The maximum atomic E-state index is 14.5. The topological polar surface area (TPSA) is 94.0 Å². The second-order valence-electron chi connectivity index (χ2n) is 8.87. The Balaban J connectivity index is 1.43. The molecule has 4 unspecified atom stereocenters. The minimum absolute atomic E-state index is 0.107. The third-order valence-electron chi connectivity index (χ3n) is 6.86. The first-order valence-electron chi connectivity index (χ1n) is 10.9. The summed E-state index contributed by atoms with van der Waals surface area (Å²) in [6.45, 7) is 0. The van der Waals surface area contributed by atoms with Crippen LogP contribution >= 0.6 is 0 Å². The van der Waals surface area contributed by atoms with E-state index >= 15 is 0 Å². The number of nitrogens with zero attached hydrogens (tertiary/aromatic N) is 2. The van der Waals surface area contributed by atoms with Gasteiger partial charge in [-0.2, -0.15) is 5.26 Å². The van der Waals surface area contributed by atoms with Crippen LogP contribution in [0.4, 0.5) is 4.39 Å². The van der Waals surface area contributed by atoms with E-state index in [-0.39, 0.29) is 23.8 Å². The number of carbonyl (C=O) groups is 1. The molecule has 6 heteroatoms. The molecule has 4 atom stereocenters. The number of allylic oxidation sites excluding steroid dienone is 6. The molecule has 158 valence electrons. The normalized spacial score (nSPS) is 31.5. The van der Waals surface area contributed by atoms with Crippen molar-refractivity contribution in [3.8, 4) is 6.07 Å². The molecule has 4 aliphatic rings. The number of nitrogens with two attached hydrogens (primary N) is 1. The Morgan fingerprint density at radius 2 is 2.07 bits per heavy atom. The van der Waals surface area contributed by atoms with E-state index in [1.165, 1.54) is 12.3 Å². The van der Waals surface area contributed by atoms with E-state index in [1.54, 1.807) is 0 Å². The molecule has 0 bridgehead atoms. The number of nitrogens with one attached hydrogen (secondary N) is 1. The van der Waals surface area contributed by atoms with Gasteiger partial charge in [-0.3, -0.25) is 4.79 Å². The largest absolute Gasteiger partial charge is 0.402 e. The van der Waals surface area contributed by atoms with Gasteiger partial charge >= 0.3 is 0 Å². The summed E-state index contributed by atoms with van der Waals surface area (Å²) in [6, 6.07) is 2.47. The first kappa shape index (κ1) is 20.6. The number of hydrogen-bond acceptors (Lipinski definition) is 4. The van der Waals surface area contributed by atoms with Gasteiger partial charge < -0.3 is 16.0 Å². The second-order valence-corrected chi connectivity index (χ2v) is 8.87. The molecule has 0 aromatic carbocycles. The lowest BCUT2D eigenvalue weighted by Gasteiger charge is -2.37. The minimum atomic E-state index is -1.14. The average Bonchev–Trinajstić information content (AvgIpc) is 3.60. The molecule has 3 N–H and O–H groups in total. The van der Waals surface area contributed by atoms with Crippen LogP contribution in [-0.2, 0) is 4.79 Å². The molecular weight excluding hydrogens is 379 g/mol. The number of halogens is 1. The van der Waals surface area contributed by atoms with Crippen LogP contribution in [0.1, 0.15) is 51.4 Å². The van der Waals surface area contributed by atoms with Crippen LogP contribution in [0.25, 0.3) is 0 Å². The third kappa shape index (κ3) is 4.12. The van der Waals surface area contributed by atoms with Gasteiger partial charge in [0.2, 0.25) is 5.91 Å². The molecule has 4 rings (SSSR count). The van der Waals surface area contributed by atoms with E-state index in [9.17, 15) is 9.18 Å². The molecule has 0 spiro atoms. The molecule has 1 fully saturated rings. The van der Waals surface area contributed by atoms with Gasteiger partial charge in [0.25, 0.3) is 0 Å². The van der Waals surface area contributed by atoms with Gasteiger partial charge in [-0.05, 0) is 68.6 Å². The summed E-state index contributed by atoms with van der Waals surface area (Å²) in [7, 11) is 0. The molecule has 5 nitrogen and oxygen atoms in total. The molecule has 1 saturated carbocycles. The number of amides is 1. The molecule has 4 aliphatic carbocycles. The maximum Gasteiger partial charge on any atom is 0.230 e. The summed E-state index contributed by atoms with van der Waals surface area (Å²) in [4.78, 5) is 15.5. The molecule has 0 radical (unpaired) electrons. The van der Waals surface area contributed by atoms with Crippen molar-refractivity contribution < 1.29 is 9.18 Å². The fourth-order valence-corrected chi connectivity index (χ4v) is 4.96. The number of carbonyl (C=O) groups excluding carboxylic acids is 1. The van der Waals surface area contributed by atoms with Crippen molar-refractivity contribution in [3.05, 3.63) is 46.7 Å². The number of alkyl halides is 1. The Bertz CT molecular complexity index is 889. The molecule has 0 aromatic heterocycles. The number of hydrogen-bond donors (Lipinski definition) is 2. The van der Waals surface area contributed by atoms with Crippen LogP contribution in [0.15, 0.2) is 46.7 Å². The second kappa shape index (κ2) is 8.59. The van der Waals surface area contributed by atoms with E-state index in [0.29, 0.717) is 37.3 Å². The van der Waals surface area contributed by atoms with E-state index in [4.69, 9.17) is 16.4 Å². The Hall–Kier alpha value is -2.68. The molecule has 0 heterocycles. The van der Waals surface area contributed by atoms with Crippen molar-refractivity contribution in [1.29, 1.82) is 10.7 Å². The van der Waals surface area contributed by atoms with Crippen LogP contribution in [0.3, 0.4) is 0 Å². The maximum absolute atomic E-state index is 14.5. The minimum Gasteiger partial charge on any atom is -0.402 e.